The van der Waals surface area contributed by atoms with Crippen LogP contribution in [-0.2, 0) is 16.0 Å². The third-order valence-corrected chi connectivity index (χ3v) is 5.86. The number of fused-ring (bicyclic) bond motifs is 1. The molecule has 134 valence electrons. The molecule has 1 aliphatic rings. The molecule has 25 heavy (non-hydrogen) atoms. The van der Waals surface area contributed by atoms with Crippen LogP contribution in [0.2, 0.25) is 10.0 Å². The molecule has 3 rings (SSSR count). The molecular formula is C18H20Cl2N2O2S. The van der Waals surface area contributed by atoms with E-state index in [1.165, 1.54) is 4.88 Å². The minimum atomic E-state index is -0.170. The molecule has 0 saturated heterocycles. The van der Waals surface area contributed by atoms with Gasteiger partial charge in [0, 0.05) is 35.1 Å². The number of carbonyl (C=O) groups is 1. The zero-order valence-electron chi connectivity index (χ0n) is 13.9. The van der Waals surface area contributed by atoms with Crippen molar-refractivity contribution >= 4 is 40.4 Å². The quantitative estimate of drug-likeness (QED) is 0.752. The molecule has 7 heteroatoms. The third kappa shape index (κ3) is 4.18. The maximum absolute atomic E-state index is 12.8. The van der Waals surface area contributed by atoms with Gasteiger partial charge in [-0.1, -0.05) is 29.3 Å². The number of hydrogen-bond donors (Lipinski definition) is 1. The first-order valence-electron chi connectivity index (χ1n) is 8.12. The van der Waals surface area contributed by atoms with E-state index in [-0.39, 0.29) is 18.5 Å². The number of rotatable bonds is 6. The zero-order valence-corrected chi connectivity index (χ0v) is 16.3. The number of carbonyl (C=O) groups excluding carboxylic acids is 1. The Morgan fingerprint density at radius 1 is 1.36 bits per heavy atom. The molecule has 1 aromatic heterocycles. The van der Waals surface area contributed by atoms with E-state index in [1.54, 1.807) is 24.5 Å². The summed E-state index contributed by atoms with van der Waals surface area (Å²) in [5.41, 5.74) is 2.07. The van der Waals surface area contributed by atoms with Gasteiger partial charge in [-0.25, -0.2) is 0 Å². The lowest BCUT2D eigenvalue weighted by Gasteiger charge is -2.37. The highest BCUT2D eigenvalue weighted by atomic mass is 35.5. The van der Waals surface area contributed by atoms with E-state index >= 15 is 0 Å². The van der Waals surface area contributed by atoms with Crippen molar-refractivity contribution in [2.75, 3.05) is 33.4 Å². The molecule has 0 spiro atoms. The predicted octanol–water partition coefficient (Wildman–Crippen LogP) is 3.77. The molecule has 0 saturated carbocycles. The Hall–Kier alpha value is -1.11. The number of amides is 1. The van der Waals surface area contributed by atoms with Gasteiger partial charge in [0.05, 0.1) is 19.2 Å². The topological polar surface area (TPSA) is 41.6 Å². The highest BCUT2D eigenvalue weighted by Gasteiger charge is 2.33. The molecule has 1 aromatic carbocycles. The van der Waals surface area contributed by atoms with Crippen LogP contribution in [0.15, 0.2) is 29.6 Å². The standard InChI is InChI=1S/C18H20Cl2N2O2S/c1-24-8-6-21-11-17(23)22-7-4-16-14(5-9-25-16)18(22)13-3-2-12(19)10-15(13)20/h2-3,5,9-10,18,21H,4,6-8,11H2,1H3/t18-/m1/s1. The van der Waals surface area contributed by atoms with Crippen LogP contribution < -0.4 is 5.32 Å². The number of benzene rings is 1. The summed E-state index contributed by atoms with van der Waals surface area (Å²) in [5.74, 6) is 0.0592. The molecule has 1 N–H and O–H groups in total. The number of halogens is 2. The van der Waals surface area contributed by atoms with Crippen LogP contribution in [0.1, 0.15) is 22.0 Å². The van der Waals surface area contributed by atoms with E-state index in [2.05, 4.69) is 16.8 Å². The molecule has 0 radical (unpaired) electrons. The van der Waals surface area contributed by atoms with Crippen LogP contribution in [0, 0.1) is 0 Å². The average molecular weight is 399 g/mol. The molecule has 0 unspecified atom stereocenters. The SMILES string of the molecule is COCCNCC(=O)N1CCc2sccc2[C@H]1c1ccc(Cl)cc1Cl. The first-order valence-corrected chi connectivity index (χ1v) is 9.75. The molecule has 1 aliphatic heterocycles. The zero-order chi connectivity index (χ0) is 17.8. The molecule has 0 bridgehead atoms. The van der Waals surface area contributed by atoms with Crippen molar-refractivity contribution in [3.05, 3.63) is 55.7 Å². The maximum Gasteiger partial charge on any atom is 0.237 e. The van der Waals surface area contributed by atoms with E-state index in [0.29, 0.717) is 29.7 Å². The lowest BCUT2D eigenvalue weighted by molar-refractivity contribution is -0.132. The van der Waals surface area contributed by atoms with Crippen molar-refractivity contribution in [1.29, 1.82) is 0 Å². The van der Waals surface area contributed by atoms with Gasteiger partial charge >= 0.3 is 0 Å². The van der Waals surface area contributed by atoms with Crippen LogP contribution in [-0.4, -0.2) is 44.2 Å². The van der Waals surface area contributed by atoms with Crippen molar-refractivity contribution in [3.63, 3.8) is 0 Å². The van der Waals surface area contributed by atoms with Gasteiger partial charge in [-0.3, -0.25) is 4.79 Å². The van der Waals surface area contributed by atoms with Gasteiger partial charge in [0.15, 0.2) is 0 Å². The number of ether oxygens (including phenoxy) is 1. The highest BCUT2D eigenvalue weighted by molar-refractivity contribution is 7.10. The Labute approximate surface area is 161 Å². The molecule has 2 heterocycles. The van der Waals surface area contributed by atoms with Crippen LogP contribution in [0.25, 0.3) is 0 Å². The Morgan fingerprint density at radius 2 is 2.20 bits per heavy atom. The first-order chi connectivity index (χ1) is 12.1. The molecule has 0 aliphatic carbocycles. The second-order valence-corrected chi connectivity index (χ2v) is 7.72. The highest BCUT2D eigenvalue weighted by Crippen LogP contribution is 2.40. The summed E-state index contributed by atoms with van der Waals surface area (Å²) in [6.45, 7) is 2.19. The molecule has 0 fully saturated rings. The lowest BCUT2D eigenvalue weighted by Crippen LogP contribution is -2.44. The maximum atomic E-state index is 12.8. The van der Waals surface area contributed by atoms with Crippen molar-refractivity contribution in [3.8, 4) is 0 Å². The van der Waals surface area contributed by atoms with E-state index in [4.69, 9.17) is 27.9 Å². The van der Waals surface area contributed by atoms with Gasteiger partial charge in [0.1, 0.15) is 0 Å². The largest absolute Gasteiger partial charge is 0.383 e. The second-order valence-electron chi connectivity index (χ2n) is 5.87. The molecule has 4 nitrogen and oxygen atoms in total. The molecule has 1 atom stereocenters. The van der Waals surface area contributed by atoms with Crippen molar-refractivity contribution in [2.45, 2.75) is 12.5 Å². The van der Waals surface area contributed by atoms with E-state index in [1.807, 2.05) is 17.0 Å². The van der Waals surface area contributed by atoms with Gasteiger partial charge in [-0.05, 0) is 41.1 Å². The minimum Gasteiger partial charge on any atom is -0.383 e. The van der Waals surface area contributed by atoms with Crippen molar-refractivity contribution in [2.24, 2.45) is 0 Å². The summed E-state index contributed by atoms with van der Waals surface area (Å²) in [4.78, 5) is 16.0. The van der Waals surface area contributed by atoms with Crippen LogP contribution >= 0.6 is 34.5 Å². The van der Waals surface area contributed by atoms with Gasteiger partial charge in [0.2, 0.25) is 5.91 Å². The predicted molar refractivity (Wildman–Crippen MR) is 103 cm³/mol. The molecule has 1 amide bonds. The molecular weight excluding hydrogens is 379 g/mol. The van der Waals surface area contributed by atoms with Crippen LogP contribution in [0.4, 0.5) is 0 Å². The van der Waals surface area contributed by atoms with Gasteiger partial charge in [-0.15, -0.1) is 11.3 Å². The van der Waals surface area contributed by atoms with E-state index in [0.717, 1.165) is 17.5 Å². The summed E-state index contributed by atoms with van der Waals surface area (Å²) >= 11 is 14.2. The minimum absolute atomic E-state index is 0.0592. The van der Waals surface area contributed by atoms with E-state index in [9.17, 15) is 4.79 Å². The fourth-order valence-electron chi connectivity index (χ4n) is 3.11. The average Bonchev–Trinajstić information content (AvgIpc) is 3.07. The Balaban J connectivity index is 1.88. The fraction of sp³-hybridized carbons (Fsp3) is 0.389. The van der Waals surface area contributed by atoms with Gasteiger partial charge in [-0.2, -0.15) is 0 Å². The summed E-state index contributed by atoms with van der Waals surface area (Å²) in [7, 11) is 1.64. The van der Waals surface area contributed by atoms with Crippen molar-refractivity contribution in [1.82, 2.24) is 10.2 Å². The Bertz CT molecular complexity index is 750. The smallest absolute Gasteiger partial charge is 0.237 e. The second kappa shape index (κ2) is 8.52. The first kappa shape index (κ1) is 18.7. The number of nitrogens with one attached hydrogen (secondary N) is 1. The van der Waals surface area contributed by atoms with E-state index < -0.39 is 0 Å². The number of methoxy groups -OCH3 is 1. The number of hydrogen-bond acceptors (Lipinski definition) is 4. The Kier molecular flexibility index (Phi) is 6.36. The normalized spacial score (nSPS) is 16.8. The summed E-state index contributed by atoms with van der Waals surface area (Å²) in [5, 5.41) is 6.38. The lowest BCUT2D eigenvalue weighted by atomic mass is 9.93. The van der Waals surface area contributed by atoms with Crippen molar-refractivity contribution < 1.29 is 9.53 Å². The summed E-state index contributed by atoms with van der Waals surface area (Å²) < 4.78 is 5.01. The summed E-state index contributed by atoms with van der Waals surface area (Å²) in [6, 6.07) is 7.40. The Morgan fingerprint density at radius 3 is 2.96 bits per heavy atom. The molecule has 2 aromatic rings. The number of nitrogens with zero attached hydrogens (tertiary/aromatic N) is 1. The monoisotopic (exact) mass is 398 g/mol. The van der Waals surface area contributed by atoms with Crippen LogP contribution in [0.5, 0.6) is 0 Å². The summed E-state index contributed by atoms with van der Waals surface area (Å²) in [6.07, 6.45) is 0.874. The fourth-order valence-corrected chi connectivity index (χ4v) is 4.53. The number of thiophene rings is 1. The van der Waals surface area contributed by atoms with Gasteiger partial charge in [0.25, 0.3) is 0 Å². The van der Waals surface area contributed by atoms with Crippen LogP contribution in [0.3, 0.4) is 0 Å². The third-order valence-electron chi connectivity index (χ3n) is 4.30. The van der Waals surface area contributed by atoms with Gasteiger partial charge < -0.3 is 15.0 Å².